The molecule has 13 heavy (non-hydrogen) atoms. The summed E-state index contributed by atoms with van der Waals surface area (Å²) in [5, 5.41) is 13.9. The van der Waals surface area contributed by atoms with E-state index in [0.717, 1.165) is 0 Å². The van der Waals surface area contributed by atoms with E-state index in [1.165, 1.54) is 6.21 Å². The number of aliphatic carboxylic acids is 1. The third kappa shape index (κ3) is 8.32. The maximum absolute atomic E-state index is 10.9. The first-order valence-electron chi connectivity index (χ1n) is 3.87. The van der Waals surface area contributed by atoms with E-state index in [-0.39, 0.29) is 25.3 Å². The molecule has 6 nitrogen and oxygen atoms in total. The molecule has 0 unspecified atom stereocenters. The average molecular weight is 187 g/mol. The number of carbonyl (C=O) groups excluding carboxylic acids is 1. The van der Waals surface area contributed by atoms with Crippen molar-refractivity contribution in [1.29, 1.82) is 0 Å². The number of carbonyl (C=O) groups is 2. The first-order chi connectivity index (χ1) is 6.16. The van der Waals surface area contributed by atoms with Crippen molar-refractivity contribution in [2.75, 3.05) is 6.54 Å². The number of nitrogens with one attached hydrogen (secondary N) is 1. The molecule has 0 saturated carbocycles. The van der Waals surface area contributed by atoms with Crippen LogP contribution in [0.25, 0.3) is 0 Å². The molecule has 0 aliphatic heterocycles. The Bertz CT molecular complexity index is 203. The van der Waals surface area contributed by atoms with Gasteiger partial charge in [0.2, 0.25) is 5.91 Å². The second-order valence-corrected chi connectivity index (χ2v) is 2.38. The molecule has 0 radical (unpaired) electrons. The van der Waals surface area contributed by atoms with Crippen LogP contribution in [0.3, 0.4) is 0 Å². The van der Waals surface area contributed by atoms with Gasteiger partial charge in [-0.25, -0.2) is 0 Å². The van der Waals surface area contributed by atoms with E-state index in [1.807, 2.05) is 0 Å². The molecule has 0 aliphatic rings. The third-order valence-corrected chi connectivity index (χ3v) is 1.29. The van der Waals surface area contributed by atoms with Crippen LogP contribution >= 0.6 is 0 Å². The summed E-state index contributed by atoms with van der Waals surface area (Å²) in [5.41, 5.74) is 0. The molecule has 1 amide bonds. The van der Waals surface area contributed by atoms with Crippen LogP contribution in [0.5, 0.6) is 0 Å². The fraction of sp³-hybridized carbons (Fsp3) is 0.571. The quantitative estimate of drug-likeness (QED) is 0.290. The van der Waals surface area contributed by atoms with Gasteiger partial charge in [-0.3, -0.25) is 9.59 Å². The zero-order chi connectivity index (χ0) is 10.1. The molecular weight excluding hydrogens is 174 g/mol. The Morgan fingerprint density at radius 3 is 2.69 bits per heavy atom. The number of rotatable bonds is 6. The topological polar surface area (TPSA) is 105 Å². The SMILES string of the molecule is NN=CCNC(=O)CCCC(=O)O. The fourth-order valence-corrected chi connectivity index (χ4v) is 0.701. The van der Waals surface area contributed by atoms with E-state index in [4.69, 9.17) is 10.9 Å². The van der Waals surface area contributed by atoms with Crippen molar-refractivity contribution in [1.82, 2.24) is 5.32 Å². The number of carboxylic acids is 1. The number of nitrogens with two attached hydrogens (primary N) is 1. The molecule has 6 heteroatoms. The van der Waals surface area contributed by atoms with Gasteiger partial charge >= 0.3 is 5.97 Å². The molecule has 0 aromatic heterocycles. The fourth-order valence-electron chi connectivity index (χ4n) is 0.701. The molecule has 0 aromatic rings. The summed E-state index contributed by atoms with van der Waals surface area (Å²) in [5.74, 6) is 3.71. The lowest BCUT2D eigenvalue weighted by molar-refractivity contribution is -0.137. The van der Waals surface area contributed by atoms with Gasteiger partial charge in [0.1, 0.15) is 0 Å². The van der Waals surface area contributed by atoms with Gasteiger partial charge in [-0.05, 0) is 6.42 Å². The van der Waals surface area contributed by atoms with E-state index >= 15 is 0 Å². The maximum Gasteiger partial charge on any atom is 0.303 e. The molecule has 0 atom stereocenters. The number of amides is 1. The first kappa shape index (κ1) is 11.4. The minimum absolute atomic E-state index is 0.0123. The van der Waals surface area contributed by atoms with Crippen LogP contribution in [0.2, 0.25) is 0 Å². The number of hydrazone groups is 1. The lowest BCUT2D eigenvalue weighted by Crippen LogP contribution is -2.25. The van der Waals surface area contributed by atoms with Crippen LogP contribution in [0.1, 0.15) is 19.3 Å². The summed E-state index contributed by atoms with van der Waals surface area (Å²) in [7, 11) is 0. The molecule has 0 rings (SSSR count). The molecule has 74 valence electrons. The van der Waals surface area contributed by atoms with Crippen molar-refractivity contribution in [2.24, 2.45) is 10.9 Å². The molecule has 4 N–H and O–H groups in total. The predicted molar refractivity (Wildman–Crippen MR) is 47.2 cm³/mol. The Morgan fingerprint density at radius 2 is 2.15 bits per heavy atom. The average Bonchev–Trinajstić information content (AvgIpc) is 2.04. The Labute approximate surface area is 75.8 Å². The van der Waals surface area contributed by atoms with Crippen LogP contribution < -0.4 is 11.2 Å². The van der Waals surface area contributed by atoms with Crippen LogP contribution in [0.15, 0.2) is 5.10 Å². The van der Waals surface area contributed by atoms with Crippen molar-refractivity contribution in [2.45, 2.75) is 19.3 Å². The van der Waals surface area contributed by atoms with Gasteiger partial charge in [-0.1, -0.05) is 0 Å². The van der Waals surface area contributed by atoms with Gasteiger partial charge in [0.05, 0.1) is 6.54 Å². The second kappa shape index (κ2) is 7.08. The van der Waals surface area contributed by atoms with E-state index in [2.05, 4.69) is 10.4 Å². The summed E-state index contributed by atoms with van der Waals surface area (Å²) >= 11 is 0. The molecule has 0 saturated heterocycles. The number of hydrogen-bond acceptors (Lipinski definition) is 4. The number of hydrogen-bond donors (Lipinski definition) is 3. The highest BCUT2D eigenvalue weighted by Crippen LogP contribution is 1.94. The lowest BCUT2D eigenvalue weighted by atomic mass is 10.2. The van der Waals surface area contributed by atoms with Crippen molar-refractivity contribution in [3.63, 3.8) is 0 Å². The Morgan fingerprint density at radius 1 is 1.46 bits per heavy atom. The molecule has 0 bridgehead atoms. The Balaban J connectivity index is 3.35. The standard InChI is InChI=1S/C7H13N3O3/c8-10-5-4-9-6(11)2-1-3-7(12)13/h5H,1-4,8H2,(H,9,11)(H,12,13). The van der Waals surface area contributed by atoms with Crippen LogP contribution in [-0.2, 0) is 9.59 Å². The highest BCUT2D eigenvalue weighted by molar-refractivity contribution is 5.79. The minimum Gasteiger partial charge on any atom is -0.481 e. The lowest BCUT2D eigenvalue weighted by Gasteiger charge is -1.99. The van der Waals surface area contributed by atoms with Gasteiger partial charge in [0.25, 0.3) is 0 Å². The van der Waals surface area contributed by atoms with E-state index in [0.29, 0.717) is 6.42 Å². The number of carboxylic acid groups (broad SMARTS) is 1. The van der Waals surface area contributed by atoms with Gasteiger partial charge in [-0.15, -0.1) is 0 Å². The maximum atomic E-state index is 10.9. The normalized spacial score (nSPS) is 10.2. The van der Waals surface area contributed by atoms with E-state index < -0.39 is 5.97 Å². The second-order valence-electron chi connectivity index (χ2n) is 2.38. The van der Waals surface area contributed by atoms with E-state index in [9.17, 15) is 9.59 Å². The van der Waals surface area contributed by atoms with Gasteiger partial charge in [0.15, 0.2) is 0 Å². The summed E-state index contributed by atoms with van der Waals surface area (Å²) in [6.45, 7) is 0.280. The van der Waals surface area contributed by atoms with Gasteiger partial charge < -0.3 is 16.3 Å². The third-order valence-electron chi connectivity index (χ3n) is 1.29. The van der Waals surface area contributed by atoms with Gasteiger partial charge in [0, 0.05) is 19.1 Å². The minimum atomic E-state index is -0.892. The Kier molecular flexibility index (Phi) is 6.21. The highest BCUT2D eigenvalue weighted by atomic mass is 16.4. The summed E-state index contributed by atoms with van der Waals surface area (Å²) in [6, 6.07) is 0. The van der Waals surface area contributed by atoms with E-state index in [1.54, 1.807) is 0 Å². The molecule has 0 aliphatic carbocycles. The van der Waals surface area contributed by atoms with Crippen molar-refractivity contribution >= 4 is 18.1 Å². The van der Waals surface area contributed by atoms with Crippen LogP contribution in [0, 0.1) is 0 Å². The zero-order valence-corrected chi connectivity index (χ0v) is 7.19. The van der Waals surface area contributed by atoms with Gasteiger partial charge in [-0.2, -0.15) is 5.10 Å². The van der Waals surface area contributed by atoms with Crippen LogP contribution in [0.4, 0.5) is 0 Å². The molecular formula is C7H13N3O3. The monoisotopic (exact) mass is 187 g/mol. The highest BCUT2D eigenvalue weighted by Gasteiger charge is 2.01. The first-order valence-corrected chi connectivity index (χ1v) is 3.87. The summed E-state index contributed by atoms with van der Waals surface area (Å²) in [4.78, 5) is 21.0. The summed E-state index contributed by atoms with van der Waals surface area (Å²) < 4.78 is 0. The molecule has 0 aromatic carbocycles. The Hall–Kier alpha value is -1.59. The van der Waals surface area contributed by atoms with Crippen molar-refractivity contribution in [3.05, 3.63) is 0 Å². The zero-order valence-electron chi connectivity index (χ0n) is 7.19. The molecule has 0 fully saturated rings. The predicted octanol–water partition coefficient (Wildman–Crippen LogP) is -0.698. The summed E-state index contributed by atoms with van der Waals surface area (Å²) in [6.07, 6.45) is 1.93. The number of nitrogens with zero attached hydrogens (tertiary/aromatic N) is 1. The van der Waals surface area contributed by atoms with Crippen molar-refractivity contribution < 1.29 is 14.7 Å². The van der Waals surface area contributed by atoms with Crippen LogP contribution in [-0.4, -0.2) is 29.7 Å². The largest absolute Gasteiger partial charge is 0.481 e. The molecule has 0 spiro atoms. The van der Waals surface area contributed by atoms with Crippen molar-refractivity contribution in [3.8, 4) is 0 Å². The molecule has 0 heterocycles. The smallest absolute Gasteiger partial charge is 0.303 e.